The molecule has 10 N–H and O–H groups in total. The van der Waals surface area contributed by atoms with E-state index in [-0.39, 0.29) is 25.1 Å². The van der Waals surface area contributed by atoms with Crippen molar-refractivity contribution in [2.24, 2.45) is 31.9 Å². The molecule has 2 aromatic carbocycles. The number of ether oxygens (including phenoxy) is 2. The van der Waals surface area contributed by atoms with Crippen LogP contribution in [0, 0.1) is 0 Å². The number of nitrogens with two attached hydrogens (primary N) is 2. The van der Waals surface area contributed by atoms with E-state index >= 15 is 0 Å². The quantitative estimate of drug-likeness (QED) is 0.100. The van der Waals surface area contributed by atoms with Gasteiger partial charge in [0.05, 0.1) is 12.4 Å². The third-order valence-corrected chi connectivity index (χ3v) is 2.86. The molecule has 0 bridgehead atoms. The van der Waals surface area contributed by atoms with Gasteiger partial charge in [0, 0.05) is 0 Å². The molecule has 16 nitrogen and oxygen atoms in total. The van der Waals surface area contributed by atoms with Gasteiger partial charge >= 0.3 is 10.4 Å². The second kappa shape index (κ2) is 19.2. The average Bonchev–Trinajstić information content (AvgIpc) is 2.84. The number of hydrogen-bond acceptors (Lipinski definition) is 10. The van der Waals surface area contributed by atoms with E-state index in [2.05, 4.69) is 20.4 Å². The van der Waals surface area contributed by atoms with Crippen LogP contribution >= 0.6 is 0 Å². The summed E-state index contributed by atoms with van der Waals surface area (Å²) in [5.74, 6) is 1.15. The topological polar surface area (TPSA) is 259 Å². The minimum absolute atomic E-state index is 0.175. The Kier molecular flexibility index (Phi) is 16.9. The minimum Gasteiger partial charge on any atom is -0.488 e. The summed E-state index contributed by atoms with van der Waals surface area (Å²) in [5, 5.41) is 30.4. The van der Waals surface area contributed by atoms with Crippen LogP contribution in [-0.2, 0) is 10.4 Å². The summed E-state index contributed by atoms with van der Waals surface area (Å²) < 4.78 is 42.1. The molecule has 0 heterocycles. The maximum Gasteiger partial charge on any atom is 0.394 e. The second-order valence-electron chi connectivity index (χ2n) is 5.49. The van der Waals surface area contributed by atoms with Gasteiger partial charge in [-0.2, -0.15) is 18.6 Å². The SMILES string of the molecule is N/C(=N\N=C\COc1ccccc1)NO.N/C(=N\N=C\COc1ccccc1)NO.O=S(=O)(O)O. The Labute approximate surface area is 200 Å². The van der Waals surface area contributed by atoms with Gasteiger partial charge in [-0.1, -0.05) is 36.4 Å². The predicted octanol–water partition coefficient (Wildman–Crippen LogP) is 0.0366. The zero-order valence-corrected chi connectivity index (χ0v) is 18.9. The molecular weight excluding hydrogens is 488 g/mol. The number of para-hydroxylation sites is 2. The van der Waals surface area contributed by atoms with Crippen LogP contribution in [0.25, 0.3) is 0 Å². The zero-order valence-electron chi connectivity index (χ0n) is 18.1. The zero-order chi connectivity index (χ0) is 26.4. The van der Waals surface area contributed by atoms with Crippen molar-refractivity contribution < 1.29 is 37.4 Å². The molecule has 0 fully saturated rings. The van der Waals surface area contributed by atoms with Crippen molar-refractivity contribution in [3.05, 3.63) is 60.7 Å². The molecule has 0 atom stereocenters. The normalized spacial score (nSPS) is 11.7. The number of guanidine groups is 2. The lowest BCUT2D eigenvalue weighted by Crippen LogP contribution is -2.27. The minimum atomic E-state index is -4.67. The molecule has 0 unspecified atom stereocenters. The molecule has 0 aliphatic heterocycles. The Morgan fingerprint density at radius 1 is 0.771 bits per heavy atom. The lowest BCUT2D eigenvalue weighted by Gasteiger charge is -2.00. The molecule has 0 aliphatic rings. The Morgan fingerprint density at radius 2 is 1.09 bits per heavy atom. The van der Waals surface area contributed by atoms with Gasteiger partial charge in [-0.05, 0) is 24.3 Å². The van der Waals surface area contributed by atoms with E-state index in [1.54, 1.807) is 11.0 Å². The van der Waals surface area contributed by atoms with Crippen LogP contribution in [0.1, 0.15) is 0 Å². The first-order valence-corrected chi connectivity index (χ1v) is 10.6. The lowest BCUT2D eigenvalue weighted by atomic mass is 10.3. The second-order valence-corrected chi connectivity index (χ2v) is 6.38. The van der Waals surface area contributed by atoms with E-state index in [4.69, 9.17) is 48.9 Å². The van der Waals surface area contributed by atoms with Crippen molar-refractivity contribution >= 4 is 34.7 Å². The predicted molar refractivity (Wildman–Crippen MR) is 128 cm³/mol. The molecule has 0 radical (unpaired) electrons. The van der Waals surface area contributed by atoms with Crippen molar-refractivity contribution in [3.8, 4) is 11.5 Å². The summed E-state index contributed by atoms with van der Waals surface area (Å²) in [4.78, 5) is 0. The van der Waals surface area contributed by atoms with Gasteiger partial charge in [0.2, 0.25) is 11.9 Å². The smallest absolute Gasteiger partial charge is 0.394 e. The number of nitrogens with one attached hydrogen (secondary N) is 2. The molecule has 192 valence electrons. The standard InChI is InChI=1S/2C9H12N4O2.H2O4S/c2*10-9(13-14)12-11-6-7-15-8-4-2-1-3-5-8;1-5(2,3)4/h2*1-6,14H,7H2,(H3,10,12,13);(H2,1,2,3,4)/b2*11-6+;. The van der Waals surface area contributed by atoms with Crippen LogP contribution in [0.5, 0.6) is 11.5 Å². The number of nitrogens with zero attached hydrogens (tertiary/aromatic N) is 4. The summed E-state index contributed by atoms with van der Waals surface area (Å²) in [7, 11) is -4.67. The number of hydrogen-bond donors (Lipinski definition) is 8. The van der Waals surface area contributed by atoms with E-state index < -0.39 is 10.4 Å². The summed E-state index contributed by atoms with van der Waals surface area (Å²) in [5.41, 5.74) is 13.5. The fourth-order valence-corrected chi connectivity index (χ4v) is 1.62. The maximum atomic E-state index is 8.74. The van der Waals surface area contributed by atoms with Gasteiger partial charge in [-0.25, -0.2) is 11.0 Å². The highest BCUT2D eigenvalue weighted by atomic mass is 32.3. The van der Waals surface area contributed by atoms with Crippen molar-refractivity contribution in [1.29, 1.82) is 0 Å². The van der Waals surface area contributed by atoms with E-state index in [1.165, 1.54) is 12.4 Å². The van der Waals surface area contributed by atoms with E-state index in [0.29, 0.717) is 0 Å². The van der Waals surface area contributed by atoms with Crippen molar-refractivity contribution in [2.45, 2.75) is 0 Å². The summed E-state index contributed by atoms with van der Waals surface area (Å²) in [6.45, 7) is 0.568. The fraction of sp³-hybridized carbons (Fsp3) is 0.111. The van der Waals surface area contributed by atoms with Crippen LogP contribution in [0.2, 0.25) is 0 Å². The van der Waals surface area contributed by atoms with E-state index in [9.17, 15) is 0 Å². The van der Waals surface area contributed by atoms with Gasteiger partial charge in [-0.15, -0.1) is 10.2 Å². The van der Waals surface area contributed by atoms with E-state index in [0.717, 1.165) is 11.5 Å². The Bertz CT molecular complexity index is 957. The van der Waals surface area contributed by atoms with Gasteiger partial charge in [-0.3, -0.25) is 19.5 Å². The molecule has 0 spiro atoms. The van der Waals surface area contributed by atoms with Crippen LogP contribution in [0.4, 0.5) is 0 Å². The molecule has 0 saturated heterocycles. The molecule has 0 aromatic heterocycles. The first kappa shape index (κ1) is 30.7. The first-order chi connectivity index (χ1) is 16.7. The van der Waals surface area contributed by atoms with Crippen LogP contribution in [-0.4, -0.2) is 65.5 Å². The van der Waals surface area contributed by atoms with Crippen LogP contribution in [0.3, 0.4) is 0 Å². The largest absolute Gasteiger partial charge is 0.488 e. The monoisotopic (exact) mass is 514 g/mol. The summed E-state index contributed by atoms with van der Waals surface area (Å²) in [6, 6.07) is 18.6. The van der Waals surface area contributed by atoms with Gasteiger partial charge in [0.25, 0.3) is 0 Å². The number of rotatable bonds is 8. The first-order valence-electron chi connectivity index (χ1n) is 9.21. The molecule has 2 rings (SSSR count). The van der Waals surface area contributed by atoms with Crippen molar-refractivity contribution in [2.75, 3.05) is 13.2 Å². The molecule has 17 heteroatoms. The summed E-state index contributed by atoms with van der Waals surface area (Å²) >= 11 is 0. The van der Waals surface area contributed by atoms with Gasteiger partial charge < -0.3 is 20.9 Å². The summed E-state index contributed by atoms with van der Waals surface area (Å²) in [6.07, 6.45) is 2.86. The van der Waals surface area contributed by atoms with Gasteiger partial charge in [0.15, 0.2) is 0 Å². The highest BCUT2D eigenvalue weighted by Gasteiger charge is 1.89. The Morgan fingerprint density at radius 3 is 1.37 bits per heavy atom. The number of benzene rings is 2. The molecule has 35 heavy (non-hydrogen) atoms. The van der Waals surface area contributed by atoms with Crippen molar-refractivity contribution in [1.82, 2.24) is 11.0 Å². The van der Waals surface area contributed by atoms with Gasteiger partial charge in [0.1, 0.15) is 24.7 Å². The molecule has 0 aliphatic carbocycles. The third-order valence-electron chi connectivity index (χ3n) is 2.86. The molecular formula is C18H26N8O8S. The molecule has 0 saturated carbocycles. The number of hydroxylamine groups is 2. The lowest BCUT2D eigenvalue weighted by molar-refractivity contribution is 0.232. The van der Waals surface area contributed by atoms with Crippen LogP contribution < -0.4 is 31.9 Å². The average molecular weight is 515 g/mol. The fourth-order valence-electron chi connectivity index (χ4n) is 1.62. The molecule has 0 amide bonds. The highest BCUT2D eigenvalue weighted by Crippen LogP contribution is 2.07. The van der Waals surface area contributed by atoms with Crippen LogP contribution in [0.15, 0.2) is 81.1 Å². The van der Waals surface area contributed by atoms with Crippen molar-refractivity contribution in [3.63, 3.8) is 0 Å². The Balaban J connectivity index is 0.000000555. The third kappa shape index (κ3) is 22.7. The van der Waals surface area contributed by atoms with E-state index in [1.807, 2.05) is 60.7 Å². The highest BCUT2D eigenvalue weighted by molar-refractivity contribution is 7.79. The Hall–Kier alpha value is -4.29. The maximum absolute atomic E-state index is 8.74. The molecule has 2 aromatic rings.